The molecule has 3 rings (SSSR count). The summed E-state index contributed by atoms with van der Waals surface area (Å²) in [6, 6.07) is 8.55. The van der Waals surface area contributed by atoms with E-state index >= 15 is 0 Å². The Labute approximate surface area is 184 Å². The second-order valence-corrected chi connectivity index (χ2v) is 7.55. The normalized spacial score (nSPS) is 22.0. The van der Waals surface area contributed by atoms with Crippen molar-refractivity contribution in [3.63, 3.8) is 0 Å². The van der Waals surface area contributed by atoms with Crippen LogP contribution in [0.5, 0.6) is 0 Å². The van der Waals surface area contributed by atoms with Crippen molar-refractivity contribution in [1.82, 2.24) is 10.2 Å². The first-order chi connectivity index (χ1) is 15.2. The average molecular weight is 462 g/mol. The lowest BCUT2D eigenvalue weighted by Crippen LogP contribution is -2.36. The van der Waals surface area contributed by atoms with Gasteiger partial charge in [-0.3, -0.25) is 4.79 Å². The predicted molar refractivity (Wildman–Crippen MR) is 108 cm³/mol. The fraction of sp³-hybridized carbons (Fsp3) is 0.619. The maximum atomic E-state index is 12.3. The number of carbonyl (C=O) groups is 2. The van der Waals surface area contributed by atoms with Gasteiger partial charge < -0.3 is 29.5 Å². The molecular formula is C21H29F3N2O6. The Balaban J connectivity index is 0.000000451. The van der Waals surface area contributed by atoms with Gasteiger partial charge in [0, 0.05) is 45.7 Å². The molecule has 0 aromatic heterocycles. The molecule has 1 heterocycles. The molecule has 2 aliphatic rings. The van der Waals surface area contributed by atoms with Gasteiger partial charge in [0.15, 0.2) is 0 Å². The van der Waals surface area contributed by atoms with Crippen LogP contribution in [-0.2, 0) is 23.8 Å². The topological polar surface area (TPSA) is 97.3 Å². The molecule has 0 bridgehead atoms. The highest BCUT2D eigenvalue weighted by molar-refractivity contribution is 5.78. The standard InChI is InChI=1S/C19H28N2O4.C2HF3O2/c1-23-8-7-21-11-16-14-5-3-4-6-15(14)19(17(16)12-21)20-18(22)13-25-10-9-24-2;3-2(4,5)1(6)7/h3-6,16-17,19H,7-13H2,1-2H3,(H,20,22);(H,6,7)/t16-,17-,19+;/m0./s1. The molecule has 1 aromatic carbocycles. The van der Waals surface area contributed by atoms with Crippen LogP contribution < -0.4 is 5.32 Å². The molecular weight excluding hydrogens is 433 g/mol. The summed E-state index contributed by atoms with van der Waals surface area (Å²) < 4.78 is 47.2. The molecule has 1 fully saturated rings. The van der Waals surface area contributed by atoms with E-state index in [0.29, 0.717) is 25.0 Å². The third kappa shape index (κ3) is 7.16. The maximum Gasteiger partial charge on any atom is 0.490 e. The summed E-state index contributed by atoms with van der Waals surface area (Å²) in [6.45, 7) is 4.70. The largest absolute Gasteiger partial charge is 0.490 e. The van der Waals surface area contributed by atoms with Gasteiger partial charge in [-0.05, 0) is 11.1 Å². The van der Waals surface area contributed by atoms with Crippen LogP contribution in [0.25, 0.3) is 0 Å². The Hall–Kier alpha value is -2.21. The fourth-order valence-corrected chi connectivity index (χ4v) is 4.05. The average Bonchev–Trinajstić information content (AvgIpc) is 3.28. The Morgan fingerprint density at radius 1 is 1.09 bits per heavy atom. The van der Waals surface area contributed by atoms with Crippen LogP contribution in [0.1, 0.15) is 23.1 Å². The van der Waals surface area contributed by atoms with Gasteiger partial charge in [-0.1, -0.05) is 24.3 Å². The summed E-state index contributed by atoms with van der Waals surface area (Å²) in [7, 11) is 3.35. The summed E-state index contributed by atoms with van der Waals surface area (Å²) in [5.41, 5.74) is 2.63. The van der Waals surface area contributed by atoms with E-state index in [2.05, 4.69) is 34.5 Å². The summed E-state index contributed by atoms with van der Waals surface area (Å²) in [4.78, 5) is 23.6. The van der Waals surface area contributed by atoms with Gasteiger partial charge in [0.05, 0.1) is 25.9 Å². The third-order valence-corrected chi connectivity index (χ3v) is 5.44. The second-order valence-electron chi connectivity index (χ2n) is 7.55. The van der Waals surface area contributed by atoms with E-state index in [1.165, 1.54) is 11.1 Å². The number of rotatable bonds is 9. The van der Waals surface area contributed by atoms with Crippen molar-refractivity contribution in [3.05, 3.63) is 35.4 Å². The number of benzene rings is 1. The maximum absolute atomic E-state index is 12.3. The lowest BCUT2D eigenvalue weighted by Gasteiger charge is -2.23. The predicted octanol–water partition coefficient (Wildman–Crippen LogP) is 1.82. The van der Waals surface area contributed by atoms with Gasteiger partial charge in [-0.15, -0.1) is 0 Å². The number of carboxylic acids is 1. The number of hydrogen-bond donors (Lipinski definition) is 2. The van der Waals surface area contributed by atoms with Crippen molar-refractivity contribution < 1.29 is 42.1 Å². The van der Waals surface area contributed by atoms with Crippen molar-refractivity contribution >= 4 is 11.9 Å². The minimum Gasteiger partial charge on any atom is -0.475 e. The van der Waals surface area contributed by atoms with E-state index in [1.54, 1.807) is 14.2 Å². The number of nitrogens with one attached hydrogen (secondary N) is 1. The number of halogens is 3. The fourth-order valence-electron chi connectivity index (χ4n) is 4.05. The highest BCUT2D eigenvalue weighted by Gasteiger charge is 2.46. The van der Waals surface area contributed by atoms with Gasteiger partial charge in [-0.25, -0.2) is 4.79 Å². The van der Waals surface area contributed by atoms with Gasteiger partial charge in [0.2, 0.25) is 5.91 Å². The zero-order chi connectivity index (χ0) is 23.7. The van der Waals surface area contributed by atoms with Gasteiger partial charge in [-0.2, -0.15) is 13.2 Å². The highest BCUT2D eigenvalue weighted by Crippen LogP contribution is 2.49. The lowest BCUT2D eigenvalue weighted by molar-refractivity contribution is -0.192. The SMILES string of the molecule is COCCOCC(=O)N[C@@H]1c2ccccc2[C@@H]2CN(CCOC)C[C@H]12.O=C(O)C(F)(F)F. The number of hydrogen-bond acceptors (Lipinski definition) is 6. The molecule has 11 heteroatoms. The van der Waals surface area contributed by atoms with Gasteiger partial charge in [0.1, 0.15) is 6.61 Å². The highest BCUT2D eigenvalue weighted by atomic mass is 19.4. The third-order valence-electron chi connectivity index (χ3n) is 5.44. The molecule has 1 aliphatic heterocycles. The van der Waals surface area contributed by atoms with E-state index in [9.17, 15) is 18.0 Å². The Morgan fingerprint density at radius 2 is 1.72 bits per heavy atom. The summed E-state index contributed by atoms with van der Waals surface area (Å²) in [6.07, 6.45) is -5.08. The summed E-state index contributed by atoms with van der Waals surface area (Å²) in [5, 5.41) is 10.3. The van der Waals surface area contributed by atoms with Crippen LogP contribution in [-0.4, -0.2) is 88.3 Å². The molecule has 2 N–H and O–H groups in total. The smallest absolute Gasteiger partial charge is 0.475 e. The first-order valence-electron chi connectivity index (χ1n) is 10.1. The van der Waals surface area contributed by atoms with Crippen LogP contribution in [0.15, 0.2) is 24.3 Å². The zero-order valence-electron chi connectivity index (χ0n) is 18.1. The van der Waals surface area contributed by atoms with E-state index in [0.717, 1.165) is 26.2 Å². The first-order valence-corrected chi connectivity index (χ1v) is 10.1. The van der Waals surface area contributed by atoms with Crippen LogP contribution >= 0.6 is 0 Å². The molecule has 1 aromatic rings. The molecule has 1 amide bonds. The number of nitrogens with zero attached hydrogens (tertiary/aromatic N) is 1. The van der Waals surface area contributed by atoms with Gasteiger partial charge in [0.25, 0.3) is 0 Å². The number of ether oxygens (including phenoxy) is 3. The number of likely N-dealkylation sites (tertiary alicyclic amines) is 1. The number of carboxylic acid groups (broad SMARTS) is 1. The molecule has 3 atom stereocenters. The second kappa shape index (κ2) is 12.1. The summed E-state index contributed by atoms with van der Waals surface area (Å²) >= 11 is 0. The van der Waals surface area contributed by atoms with Crippen molar-refractivity contribution in [3.8, 4) is 0 Å². The molecule has 0 saturated carbocycles. The lowest BCUT2D eigenvalue weighted by atomic mass is 9.94. The minimum atomic E-state index is -5.08. The Morgan fingerprint density at radius 3 is 2.31 bits per heavy atom. The molecule has 1 aliphatic carbocycles. The van der Waals surface area contributed by atoms with Gasteiger partial charge >= 0.3 is 12.1 Å². The molecule has 0 spiro atoms. The number of carbonyl (C=O) groups excluding carboxylic acids is 1. The Kier molecular flexibility index (Phi) is 9.88. The number of amides is 1. The molecule has 0 radical (unpaired) electrons. The summed E-state index contributed by atoms with van der Waals surface area (Å²) in [5.74, 6) is -1.93. The number of alkyl halides is 3. The minimum absolute atomic E-state index is 0.0623. The molecule has 32 heavy (non-hydrogen) atoms. The number of aliphatic carboxylic acids is 1. The van der Waals surface area contributed by atoms with Crippen molar-refractivity contribution in [2.75, 3.05) is 60.3 Å². The zero-order valence-corrected chi connectivity index (χ0v) is 18.1. The van der Waals surface area contributed by atoms with Crippen LogP contribution in [0.2, 0.25) is 0 Å². The van der Waals surface area contributed by atoms with E-state index in [1.807, 2.05) is 0 Å². The van der Waals surface area contributed by atoms with E-state index < -0.39 is 12.1 Å². The quantitative estimate of drug-likeness (QED) is 0.541. The van der Waals surface area contributed by atoms with Crippen LogP contribution in [0.3, 0.4) is 0 Å². The van der Waals surface area contributed by atoms with E-state index in [-0.39, 0.29) is 18.6 Å². The monoisotopic (exact) mass is 462 g/mol. The molecule has 180 valence electrons. The first kappa shape index (κ1) is 26.0. The molecule has 0 unspecified atom stereocenters. The number of fused-ring (bicyclic) bond motifs is 3. The van der Waals surface area contributed by atoms with E-state index in [4.69, 9.17) is 24.1 Å². The molecule has 1 saturated heterocycles. The number of methoxy groups -OCH3 is 2. The molecule has 8 nitrogen and oxygen atoms in total. The van der Waals surface area contributed by atoms with Crippen molar-refractivity contribution in [2.24, 2.45) is 5.92 Å². The van der Waals surface area contributed by atoms with Crippen molar-refractivity contribution in [2.45, 2.75) is 18.1 Å². The Bertz CT molecular complexity index is 761. The van der Waals surface area contributed by atoms with Crippen molar-refractivity contribution in [1.29, 1.82) is 0 Å². The van der Waals surface area contributed by atoms with Crippen LogP contribution in [0, 0.1) is 5.92 Å². The van der Waals surface area contributed by atoms with Crippen LogP contribution in [0.4, 0.5) is 13.2 Å².